The first-order chi connectivity index (χ1) is 7.65. The van der Waals surface area contributed by atoms with Crippen molar-refractivity contribution in [2.45, 2.75) is 30.6 Å². The summed E-state index contributed by atoms with van der Waals surface area (Å²) < 4.78 is 5.28. The molecule has 92 valence electrons. The van der Waals surface area contributed by atoms with Crippen LogP contribution < -0.4 is 5.73 Å². The van der Waals surface area contributed by atoms with E-state index in [9.17, 15) is 4.79 Å². The van der Waals surface area contributed by atoms with Crippen LogP contribution in [0.4, 0.5) is 0 Å². The maximum atomic E-state index is 12.4. The molecule has 16 heavy (non-hydrogen) atoms. The average Bonchev–Trinajstić information content (AvgIpc) is 2.76. The summed E-state index contributed by atoms with van der Waals surface area (Å²) in [7, 11) is 0. The molecule has 2 atom stereocenters. The normalized spacial score (nSPS) is 35.4. The summed E-state index contributed by atoms with van der Waals surface area (Å²) in [5.41, 5.74) is 5.58. The smallest absolute Gasteiger partial charge is 0.238 e. The fourth-order valence-corrected chi connectivity index (χ4v) is 3.61. The number of nitrogens with two attached hydrogens (primary N) is 1. The Balaban J connectivity index is 1.98. The van der Waals surface area contributed by atoms with E-state index in [0.717, 1.165) is 18.6 Å². The minimum atomic E-state index is -0.198. The zero-order valence-electron chi connectivity index (χ0n) is 9.78. The first-order valence-electron chi connectivity index (χ1n) is 5.91. The summed E-state index contributed by atoms with van der Waals surface area (Å²) in [6.45, 7) is 4.55. The van der Waals surface area contributed by atoms with E-state index >= 15 is 0 Å². The maximum Gasteiger partial charge on any atom is 0.238 e. The summed E-state index contributed by atoms with van der Waals surface area (Å²) in [6.07, 6.45) is 2.17. The predicted octanol–water partition coefficient (Wildman–Crippen LogP) is 0.458. The van der Waals surface area contributed by atoms with Crippen molar-refractivity contribution < 1.29 is 9.53 Å². The molecule has 2 unspecified atom stereocenters. The predicted molar refractivity (Wildman–Crippen MR) is 65.5 cm³/mol. The van der Waals surface area contributed by atoms with Crippen molar-refractivity contribution in [2.75, 3.05) is 32.0 Å². The topological polar surface area (TPSA) is 55.6 Å². The fraction of sp³-hybridized carbons (Fsp3) is 0.909. The van der Waals surface area contributed by atoms with Crippen molar-refractivity contribution in [3.8, 4) is 0 Å². The highest BCUT2D eigenvalue weighted by atomic mass is 32.2. The summed E-state index contributed by atoms with van der Waals surface area (Å²) in [5, 5.41) is 0. The third-order valence-corrected chi connectivity index (χ3v) is 4.87. The number of rotatable bonds is 2. The SMILES string of the molecule is CC1(C(=O)N2CCOC(CN)C2)CCCS1. The molecule has 0 aromatic heterocycles. The second kappa shape index (κ2) is 4.94. The standard InChI is InChI=1S/C11H20N2O2S/c1-11(3-2-6-16-11)10(14)13-4-5-15-9(7-12)8-13/h9H,2-8,12H2,1H3. The zero-order valence-corrected chi connectivity index (χ0v) is 10.6. The molecule has 0 bridgehead atoms. The number of hydrogen-bond acceptors (Lipinski definition) is 4. The fourth-order valence-electron chi connectivity index (χ4n) is 2.33. The molecule has 2 fully saturated rings. The van der Waals surface area contributed by atoms with Gasteiger partial charge in [0.25, 0.3) is 0 Å². The highest BCUT2D eigenvalue weighted by Crippen LogP contribution is 2.39. The Morgan fingerprint density at radius 3 is 3.12 bits per heavy atom. The lowest BCUT2D eigenvalue weighted by Gasteiger charge is -2.36. The molecule has 2 heterocycles. The van der Waals surface area contributed by atoms with Crippen LogP contribution in [0.1, 0.15) is 19.8 Å². The number of amides is 1. The molecule has 4 nitrogen and oxygen atoms in total. The lowest BCUT2D eigenvalue weighted by atomic mass is 10.0. The first kappa shape index (κ1) is 12.2. The quantitative estimate of drug-likeness (QED) is 0.766. The van der Waals surface area contributed by atoms with E-state index in [4.69, 9.17) is 10.5 Å². The van der Waals surface area contributed by atoms with Gasteiger partial charge in [-0.1, -0.05) is 0 Å². The Morgan fingerprint density at radius 1 is 1.69 bits per heavy atom. The third-order valence-electron chi connectivity index (χ3n) is 3.36. The first-order valence-corrected chi connectivity index (χ1v) is 6.89. The number of carbonyl (C=O) groups excluding carboxylic acids is 1. The second-order valence-electron chi connectivity index (χ2n) is 4.66. The van der Waals surface area contributed by atoms with Crippen molar-refractivity contribution in [2.24, 2.45) is 5.73 Å². The third kappa shape index (κ3) is 2.36. The molecule has 2 saturated heterocycles. The molecule has 0 aliphatic carbocycles. The number of nitrogens with zero attached hydrogens (tertiary/aromatic N) is 1. The molecular weight excluding hydrogens is 224 g/mol. The number of morpholine rings is 1. The molecular formula is C11H20N2O2S. The van der Waals surface area contributed by atoms with Crippen LogP contribution in [0.5, 0.6) is 0 Å². The van der Waals surface area contributed by atoms with Gasteiger partial charge in [0.05, 0.1) is 17.5 Å². The van der Waals surface area contributed by atoms with Crippen molar-refractivity contribution in [3.63, 3.8) is 0 Å². The Morgan fingerprint density at radius 2 is 2.50 bits per heavy atom. The molecule has 5 heteroatoms. The van der Waals surface area contributed by atoms with Gasteiger partial charge < -0.3 is 15.4 Å². The molecule has 2 aliphatic rings. The van der Waals surface area contributed by atoms with E-state index in [1.54, 1.807) is 11.8 Å². The molecule has 0 aromatic carbocycles. The molecule has 2 aliphatic heterocycles. The second-order valence-corrected chi connectivity index (χ2v) is 6.26. The van der Waals surface area contributed by atoms with Gasteiger partial charge in [-0.25, -0.2) is 0 Å². The Kier molecular flexibility index (Phi) is 3.77. The van der Waals surface area contributed by atoms with Gasteiger partial charge in [-0.3, -0.25) is 4.79 Å². The lowest BCUT2D eigenvalue weighted by Crippen LogP contribution is -2.53. The average molecular weight is 244 g/mol. The van der Waals surface area contributed by atoms with E-state index in [1.807, 2.05) is 4.90 Å². The Bertz CT molecular complexity index is 267. The number of hydrogen-bond donors (Lipinski definition) is 1. The van der Waals surface area contributed by atoms with E-state index in [0.29, 0.717) is 26.2 Å². The lowest BCUT2D eigenvalue weighted by molar-refractivity contribution is -0.140. The monoisotopic (exact) mass is 244 g/mol. The van der Waals surface area contributed by atoms with Gasteiger partial charge in [0.1, 0.15) is 0 Å². The molecule has 0 spiro atoms. The molecule has 0 radical (unpaired) electrons. The van der Waals surface area contributed by atoms with Gasteiger partial charge in [0.2, 0.25) is 5.91 Å². The van der Waals surface area contributed by atoms with E-state index in [-0.39, 0.29) is 16.8 Å². The number of thioether (sulfide) groups is 1. The summed E-state index contributed by atoms with van der Waals surface area (Å²) in [6, 6.07) is 0. The highest BCUT2D eigenvalue weighted by Gasteiger charge is 2.41. The Labute approximate surface area is 101 Å². The Hall–Kier alpha value is -0.260. The molecule has 0 aromatic rings. The van der Waals surface area contributed by atoms with Gasteiger partial charge in [-0.05, 0) is 25.5 Å². The van der Waals surface area contributed by atoms with Gasteiger partial charge in [0.15, 0.2) is 0 Å². The van der Waals surface area contributed by atoms with Crippen molar-refractivity contribution in [1.29, 1.82) is 0 Å². The van der Waals surface area contributed by atoms with Crippen LogP contribution in [0, 0.1) is 0 Å². The van der Waals surface area contributed by atoms with Gasteiger partial charge in [-0.2, -0.15) is 0 Å². The summed E-state index contributed by atoms with van der Waals surface area (Å²) in [5.74, 6) is 1.38. The summed E-state index contributed by atoms with van der Waals surface area (Å²) >= 11 is 1.79. The van der Waals surface area contributed by atoms with Crippen molar-refractivity contribution in [3.05, 3.63) is 0 Å². The van der Waals surface area contributed by atoms with Crippen LogP contribution in [0.2, 0.25) is 0 Å². The van der Waals surface area contributed by atoms with Gasteiger partial charge >= 0.3 is 0 Å². The van der Waals surface area contributed by atoms with Gasteiger partial charge in [0, 0.05) is 19.6 Å². The summed E-state index contributed by atoms with van der Waals surface area (Å²) in [4.78, 5) is 14.3. The molecule has 2 rings (SSSR count). The van der Waals surface area contributed by atoms with E-state index < -0.39 is 0 Å². The van der Waals surface area contributed by atoms with Crippen LogP contribution in [-0.4, -0.2) is 53.7 Å². The van der Waals surface area contributed by atoms with E-state index in [2.05, 4.69) is 6.92 Å². The largest absolute Gasteiger partial charge is 0.373 e. The van der Waals surface area contributed by atoms with Crippen LogP contribution in [0.3, 0.4) is 0 Å². The van der Waals surface area contributed by atoms with Crippen molar-refractivity contribution in [1.82, 2.24) is 4.90 Å². The zero-order chi connectivity index (χ0) is 11.6. The molecule has 2 N–H and O–H groups in total. The molecule has 0 saturated carbocycles. The van der Waals surface area contributed by atoms with Crippen LogP contribution in [-0.2, 0) is 9.53 Å². The van der Waals surface area contributed by atoms with Crippen LogP contribution in [0.25, 0.3) is 0 Å². The number of ether oxygens (including phenoxy) is 1. The molecule has 1 amide bonds. The minimum Gasteiger partial charge on any atom is -0.373 e. The van der Waals surface area contributed by atoms with Crippen LogP contribution in [0.15, 0.2) is 0 Å². The highest BCUT2D eigenvalue weighted by molar-refractivity contribution is 8.01. The van der Waals surface area contributed by atoms with Crippen molar-refractivity contribution >= 4 is 17.7 Å². The van der Waals surface area contributed by atoms with E-state index in [1.165, 1.54) is 0 Å². The van der Waals surface area contributed by atoms with Gasteiger partial charge in [-0.15, -0.1) is 11.8 Å². The maximum absolute atomic E-state index is 12.4. The number of carbonyl (C=O) groups is 1. The minimum absolute atomic E-state index is 0.0210. The van der Waals surface area contributed by atoms with Crippen LogP contribution >= 0.6 is 11.8 Å².